The Balaban J connectivity index is 1.47. The van der Waals surface area contributed by atoms with Crippen molar-refractivity contribution in [2.45, 2.75) is 20.8 Å². The lowest BCUT2D eigenvalue weighted by Gasteiger charge is -2.14. The fourth-order valence-corrected chi connectivity index (χ4v) is 3.84. The second kappa shape index (κ2) is 9.27. The van der Waals surface area contributed by atoms with E-state index < -0.39 is 0 Å². The number of pyridine rings is 1. The summed E-state index contributed by atoms with van der Waals surface area (Å²) >= 11 is 0. The minimum Gasteiger partial charge on any atom is -0.436 e. The molecule has 0 bridgehead atoms. The van der Waals surface area contributed by atoms with Gasteiger partial charge < -0.3 is 15.0 Å². The number of Topliss-reactive ketones (excluding diaryl/α,β-unsaturated/α-hetero) is 1. The predicted octanol–water partition coefficient (Wildman–Crippen LogP) is 5.64. The molecule has 0 radical (unpaired) electrons. The van der Waals surface area contributed by atoms with Gasteiger partial charge in [-0.05, 0) is 73.0 Å². The van der Waals surface area contributed by atoms with Gasteiger partial charge in [-0.3, -0.25) is 9.78 Å². The highest BCUT2D eigenvalue weighted by atomic mass is 16.5. The number of aryl methyl sites for hydroxylation is 2. The minimum atomic E-state index is -0.0692. The van der Waals surface area contributed by atoms with E-state index in [0.29, 0.717) is 40.0 Å². The van der Waals surface area contributed by atoms with Crippen molar-refractivity contribution in [3.63, 3.8) is 0 Å². The first kappa shape index (κ1) is 22.7. The molecule has 2 N–H and O–H groups in total. The molecular formula is C27H21N7O2. The number of aromatic nitrogens is 5. The van der Waals surface area contributed by atoms with Crippen LogP contribution in [0.4, 0.5) is 11.6 Å². The van der Waals surface area contributed by atoms with Crippen molar-refractivity contribution in [1.29, 1.82) is 5.26 Å². The average molecular weight is 476 g/mol. The van der Waals surface area contributed by atoms with Gasteiger partial charge in [-0.25, -0.2) is 4.98 Å². The lowest BCUT2D eigenvalue weighted by molar-refractivity contribution is 0.101. The highest BCUT2D eigenvalue weighted by Crippen LogP contribution is 2.35. The van der Waals surface area contributed by atoms with Gasteiger partial charge in [-0.1, -0.05) is 6.07 Å². The van der Waals surface area contributed by atoms with E-state index in [1.165, 1.54) is 13.3 Å². The summed E-state index contributed by atoms with van der Waals surface area (Å²) in [6, 6.07) is 16.7. The van der Waals surface area contributed by atoms with Gasteiger partial charge in [0.2, 0.25) is 5.95 Å². The van der Waals surface area contributed by atoms with Crippen LogP contribution in [0.3, 0.4) is 0 Å². The number of carbonyl (C=O) groups is 1. The van der Waals surface area contributed by atoms with E-state index in [4.69, 9.17) is 10.00 Å². The van der Waals surface area contributed by atoms with E-state index in [1.807, 2.05) is 32.0 Å². The summed E-state index contributed by atoms with van der Waals surface area (Å²) in [5.41, 5.74) is 6.46. The summed E-state index contributed by atoms with van der Waals surface area (Å²) in [4.78, 5) is 32.2. The maximum absolute atomic E-state index is 11.5. The maximum atomic E-state index is 11.5. The molecule has 0 fully saturated rings. The number of ether oxygens (including phenoxy) is 1. The molecule has 176 valence electrons. The van der Waals surface area contributed by atoms with Crippen LogP contribution in [-0.4, -0.2) is 30.7 Å². The van der Waals surface area contributed by atoms with Gasteiger partial charge >= 0.3 is 0 Å². The van der Waals surface area contributed by atoms with Crippen LogP contribution in [0.1, 0.15) is 34.1 Å². The van der Waals surface area contributed by atoms with Crippen molar-refractivity contribution in [2.75, 3.05) is 5.32 Å². The number of ketones is 1. The number of carbonyl (C=O) groups excluding carboxylic acids is 1. The summed E-state index contributed by atoms with van der Waals surface area (Å²) < 4.78 is 6.29. The van der Waals surface area contributed by atoms with Crippen LogP contribution in [0.2, 0.25) is 0 Å². The molecule has 36 heavy (non-hydrogen) atoms. The third-order valence-corrected chi connectivity index (χ3v) is 5.63. The number of aromatic amines is 1. The van der Waals surface area contributed by atoms with Crippen LogP contribution in [-0.2, 0) is 0 Å². The van der Waals surface area contributed by atoms with Crippen molar-refractivity contribution >= 4 is 28.6 Å². The van der Waals surface area contributed by atoms with Crippen LogP contribution in [0.5, 0.6) is 11.6 Å². The number of hydrogen-bond acceptors (Lipinski definition) is 8. The summed E-state index contributed by atoms with van der Waals surface area (Å²) in [5.74, 6) is 1.23. The van der Waals surface area contributed by atoms with E-state index in [-0.39, 0.29) is 5.78 Å². The Hall–Kier alpha value is -5.10. The first-order valence-corrected chi connectivity index (χ1v) is 11.2. The summed E-state index contributed by atoms with van der Waals surface area (Å²) in [6.07, 6.45) is 3.24. The zero-order valence-electron chi connectivity index (χ0n) is 19.8. The minimum absolute atomic E-state index is 0.0692. The van der Waals surface area contributed by atoms with Crippen molar-refractivity contribution < 1.29 is 9.53 Å². The Morgan fingerprint density at radius 1 is 1.00 bits per heavy atom. The van der Waals surface area contributed by atoms with Crippen molar-refractivity contribution in [2.24, 2.45) is 0 Å². The molecule has 5 aromatic rings. The fourth-order valence-electron chi connectivity index (χ4n) is 3.84. The highest BCUT2D eigenvalue weighted by molar-refractivity contribution is 5.92. The molecule has 3 aromatic heterocycles. The molecule has 9 heteroatoms. The van der Waals surface area contributed by atoms with Gasteiger partial charge in [0.05, 0.1) is 18.0 Å². The number of nitrogens with one attached hydrogen (secondary N) is 2. The van der Waals surface area contributed by atoms with Crippen molar-refractivity contribution in [3.8, 4) is 28.8 Å². The first-order chi connectivity index (χ1) is 17.4. The number of anilines is 2. The predicted molar refractivity (Wildman–Crippen MR) is 135 cm³/mol. The number of fused-ring (bicyclic) bond motifs is 1. The molecule has 0 saturated carbocycles. The summed E-state index contributed by atoms with van der Waals surface area (Å²) in [5, 5.41) is 12.2. The molecule has 0 amide bonds. The van der Waals surface area contributed by atoms with Crippen molar-refractivity contribution in [1.82, 2.24) is 24.9 Å². The zero-order chi connectivity index (χ0) is 25.2. The van der Waals surface area contributed by atoms with Crippen molar-refractivity contribution in [3.05, 3.63) is 83.4 Å². The second-order valence-electron chi connectivity index (χ2n) is 8.30. The molecule has 0 atom stereocenters. The summed E-state index contributed by atoms with van der Waals surface area (Å²) in [6.45, 7) is 5.42. The van der Waals surface area contributed by atoms with Crippen LogP contribution >= 0.6 is 0 Å². The quantitative estimate of drug-likeness (QED) is 0.302. The van der Waals surface area contributed by atoms with E-state index in [0.717, 1.165) is 27.9 Å². The molecule has 3 heterocycles. The Kier molecular flexibility index (Phi) is 5.84. The number of hydrogen-bond donors (Lipinski definition) is 2. The molecule has 5 rings (SSSR count). The summed E-state index contributed by atoms with van der Waals surface area (Å²) in [7, 11) is 0. The smallest absolute Gasteiger partial charge is 0.252 e. The fraction of sp³-hybridized carbons (Fsp3) is 0.111. The molecule has 0 unspecified atom stereocenters. The van der Waals surface area contributed by atoms with Crippen LogP contribution < -0.4 is 10.1 Å². The molecule has 2 aromatic carbocycles. The molecule has 0 spiro atoms. The van der Waals surface area contributed by atoms with Gasteiger partial charge in [-0.2, -0.15) is 15.2 Å². The standard InChI is InChI=1S/C27H21N7O2/c1-15-10-20(19-6-9-22(17(3)35)29-13-19)11-16(2)24(15)36-26-23-25(31-14-30-23)33-27(34-26)32-21-7-4-18(12-28)5-8-21/h4-11,13-14H,1-3H3,(H2,30,31,32,33,34). The molecular weight excluding hydrogens is 454 g/mol. The SMILES string of the molecule is CC(=O)c1ccc(-c2cc(C)c(Oc3nc(Nc4ccc(C#N)cc4)nc4[nH]cnc34)c(C)c2)cn1. The Labute approximate surface area is 206 Å². The number of H-pyrrole nitrogens is 1. The molecule has 0 aliphatic carbocycles. The largest absolute Gasteiger partial charge is 0.436 e. The number of benzene rings is 2. The highest BCUT2D eigenvalue weighted by Gasteiger charge is 2.16. The third kappa shape index (κ3) is 4.48. The normalized spacial score (nSPS) is 10.7. The van der Waals surface area contributed by atoms with Gasteiger partial charge in [0.15, 0.2) is 16.9 Å². The molecule has 0 aliphatic heterocycles. The monoisotopic (exact) mass is 475 g/mol. The van der Waals surface area contributed by atoms with Crippen LogP contribution in [0.25, 0.3) is 22.3 Å². The lowest BCUT2D eigenvalue weighted by atomic mass is 10.0. The average Bonchev–Trinajstić information content (AvgIpc) is 3.35. The lowest BCUT2D eigenvalue weighted by Crippen LogP contribution is -2.01. The number of imidazole rings is 1. The second-order valence-corrected chi connectivity index (χ2v) is 8.30. The Morgan fingerprint density at radius 3 is 2.39 bits per heavy atom. The van der Waals surface area contributed by atoms with E-state index in [2.05, 4.69) is 36.3 Å². The number of rotatable bonds is 6. The maximum Gasteiger partial charge on any atom is 0.252 e. The number of nitriles is 1. The van der Waals surface area contributed by atoms with E-state index >= 15 is 0 Å². The van der Waals surface area contributed by atoms with Gasteiger partial charge in [-0.15, -0.1) is 0 Å². The van der Waals surface area contributed by atoms with Crippen LogP contribution in [0, 0.1) is 25.2 Å². The van der Waals surface area contributed by atoms with E-state index in [1.54, 1.807) is 36.5 Å². The van der Waals surface area contributed by atoms with Gasteiger partial charge in [0.1, 0.15) is 11.4 Å². The Morgan fingerprint density at radius 2 is 1.75 bits per heavy atom. The zero-order valence-corrected chi connectivity index (χ0v) is 19.8. The Bertz CT molecular complexity index is 1610. The first-order valence-electron chi connectivity index (χ1n) is 11.2. The van der Waals surface area contributed by atoms with Gasteiger partial charge in [0, 0.05) is 24.4 Å². The molecule has 9 nitrogen and oxygen atoms in total. The third-order valence-electron chi connectivity index (χ3n) is 5.63. The molecule has 0 saturated heterocycles. The topological polar surface area (TPSA) is 129 Å². The number of nitrogens with zero attached hydrogens (tertiary/aromatic N) is 5. The van der Waals surface area contributed by atoms with Crippen LogP contribution in [0.15, 0.2) is 61.1 Å². The van der Waals surface area contributed by atoms with E-state index in [9.17, 15) is 4.79 Å². The molecule has 0 aliphatic rings. The van der Waals surface area contributed by atoms with Gasteiger partial charge in [0.25, 0.3) is 5.88 Å².